The van der Waals surface area contributed by atoms with Crippen molar-refractivity contribution in [2.24, 2.45) is 5.73 Å². The number of furan rings is 1. The Balaban J connectivity index is 2.18. The molecule has 0 saturated carbocycles. The van der Waals surface area contributed by atoms with Crippen molar-refractivity contribution in [1.82, 2.24) is 4.57 Å². The third kappa shape index (κ3) is 1.91. The van der Waals surface area contributed by atoms with Gasteiger partial charge in [0.2, 0.25) is 0 Å². The molecule has 0 aliphatic rings. The summed E-state index contributed by atoms with van der Waals surface area (Å²) < 4.78 is 8.03. The Morgan fingerprint density at radius 3 is 3.00 bits per heavy atom. The number of hydrogen-bond acceptors (Lipinski definition) is 2. The van der Waals surface area contributed by atoms with Crippen LogP contribution in [0, 0.1) is 0 Å². The third-order valence-corrected chi connectivity index (χ3v) is 2.52. The van der Waals surface area contributed by atoms with Gasteiger partial charge in [0, 0.05) is 24.0 Å². The summed E-state index contributed by atoms with van der Waals surface area (Å²) in [6.45, 7) is 1.36. The summed E-state index contributed by atoms with van der Waals surface area (Å²) >= 11 is 3.27. The molecule has 0 unspecified atom stereocenters. The van der Waals surface area contributed by atoms with Gasteiger partial charge in [0.05, 0.1) is 12.8 Å². The number of halogens is 1. The summed E-state index contributed by atoms with van der Waals surface area (Å²) in [5.74, 6) is 0. The second-order valence-electron chi connectivity index (χ2n) is 3.09. The SMILES string of the molecule is NCc1cccn1Cc1coc(Br)c1. The molecule has 0 amide bonds. The van der Waals surface area contributed by atoms with Crippen LogP contribution in [0.4, 0.5) is 0 Å². The lowest BCUT2D eigenvalue weighted by atomic mass is 10.3. The van der Waals surface area contributed by atoms with E-state index in [9.17, 15) is 0 Å². The minimum atomic E-state index is 0.562. The van der Waals surface area contributed by atoms with Gasteiger partial charge in [-0.2, -0.15) is 0 Å². The quantitative estimate of drug-likeness (QED) is 0.914. The molecule has 0 aliphatic heterocycles. The smallest absolute Gasteiger partial charge is 0.169 e. The molecule has 0 radical (unpaired) electrons. The normalized spacial score (nSPS) is 10.7. The lowest BCUT2D eigenvalue weighted by Gasteiger charge is -2.04. The highest BCUT2D eigenvalue weighted by molar-refractivity contribution is 9.10. The lowest BCUT2D eigenvalue weighted by molar-refractivity contribution is 0.537. The van der Waals surface area contributed by atoms with Crippen LogP contribution in [-0.4, -0.2) is 4.57 Å². The minimum absolute atomic E-state index is 0.562. The molecule has 0 aromatic carbocycles. The fraction of sp³-hybridized carbons (Fsp3) is 0.200. The Morgan fingerprint density at radius 1 is 1.50 bits per heavy atom. The molecule has 74 valence electrons. The van der Waals surface area contributed by atoms with Gasteiger partial charge in [0.25, 0.3) is 0 Å². The van der Waals surface area contributed by atoms with Crippen LogP contribution in [0.3, 0.4) is 0 Å². The Hall–Kier alpha value is -1.00. The highest BCUT2D eigenvalue weighted by Crippen LogP contribution is 2.15. The second-order valence-corrected chi connectivity index (χ2v) is 3.87. The molecule has 2 heterocycles. The lowest BCUT2D eigenvalue weighted by Crippen LogP contribution is -2.06. The highest BCUT2D eigenvalue weighted by atomic mass is 79.9. The number of nitrogens with zero attached hydrogens (tertiary/aromatic N) is 1. The van der Waals surface area contributed by atoms with E-state index in [2.05, 4.69) is 20.5 Å². The van der Waals surface area contributed by atoms with Gasteiger partial charge in [0.15, 0.2) is 4.67 Å². The maximum absolute atomic E-state index is 5.60. The molecule has 2 aromatic heterocycles. The van der Waals surface area contributed by atoms with Crippen LogP contribution in [0.25, 0.3) is 0 Å². The van der Waals surface area contributed by atoms with E-state index in [0.717, 1.165) is 22.5 Å². The van der Waals surface area contributed by atoms with E-state index in [1.807, 2.05) is 24.4 Å². The fourth-order valence-corrected chi connectivity index (χ4v) is 1.80. The molecular formula is C10H11BrN2O. The maximum atomic E-state index is 5.60. The van der Waals surface area contributed by atoms with Crippen LogP contribution in [0.15, 0.2) is 39.7 Å². The molecule has 2 N–H and O–H groups in total. The summed E-state index contributed by atoms with van der Waals surface area (Å²) in [6, 6.07) is 5.98. The second kappa shape index (κ2) is 4.02. The Labute approximate surface area is 90.6 Å². The van der Waals surface area contributed by atoms with Crippen LogP contribution >= 0.6 is 15.9 Å². The molecule has 14 heavy (non-hydrogen) atoms. The van der Waals surface area contributed by atoms with Gasteiger partial charge in [-0.1, -0.05) is 0 Å². The minimum Gasteiger partial charge on any atom is -0.457 e. The number of hydrogen-bond donors (Lipinski definition) is 1. The van der Waals surface area contributed by atoms with Gasteiger partial charge in [-0.25, -0.2) is 0 Å². The Bertz CT molecular complexity index is 419. The molecule has 0 bridgehead atoms. The molecule has 4 heteroatoms. The zero-order valence-electron chi connectivity index (χ0n) is 7.61. The van der Waals surface area contributed by atoms with Crippen molar-refractivity contribution < 1.29 is 4.42 Å². The van der Waals surface area contributed by atoms with Crippen LogP contribution in [-0.2, 0) is 13.1 Å². The Kier molecular flexibility index (Phi) is 2.74. The molecule has 3 nitrogen and oxygen atoms in total. The average molecular weight is 255 g/mol. The van der Waals surface area contributed by atoms with E-state index >= 15 is 0 Å². The first-order chi connectivity index (χ1) is 6.79. The highest BCUT2D eigenvalue weighted by Gasteiger charge is 2.02. The fourth-order valence-electron chi connectivity index (χ4n) is 1.41. The van der Waals surface area contributed by atoms with E-state index in [1.54, 1.807) is 6.26 Å². The summed E-state index contributed by atoms with van der Waals surface area (Å²) in [5, 5.41) is 0. The van der Waals surface area contributed by atoms with E-state index in [-0.39, 0.29) is 0 Å². The van der Waals surface area contributed by atoms with Crippen molar-refractivity contribution in [1.29, 1.82) is 0 Å². The van der Waals surface area contributed by atoms with Crippen LogP contribution in [0.1, 0.15) is 11.3 Å². The number of nitrogens with two attached hydrogens (primary N) is 1. The monoisotopic (exact) mass is 254 g/mol. The van der Waals surface area contributed by atoms with Crippen molar-refractivity contribution in [3.63, 3.8) is 0 Å². The molecule has 2 aromatic rings. The van der Waals surface area contributed by atoms with Gasteiger partial charge in [-0.15, -0.1) is 0 Å². The number of rotatable bonds is 3. The summed E-state index contributed by atoms with van der Waals surface area (Å²) in [6.07, 6.45) is 3.76. The van der Waals surface area contributed by atoms with Crippen molar-refractivity contribution in [3.05, 3.63) is 46.6 Å². The molecule has 0 fully saturated rings. The van der Waals surface area contributed by atoms with Crippen molar-refractivity contribution >= 4 is 15.9 Å². The zero-order valence-corrected chi connectivity index (χ0v) is 9.20. The topological polar surface area (TPSA) is 44.1 Å². The first kappa shape index (κ1) is 9.55. The van der Waals surface area contributed by atoms with Crippen LogP contribution in [0.5, 0.6) is 0 Å². The molecule has 0 aliphatic carbocycles. The molecule has 0 spiro atoms. The van der Waals surface area contributed by atoms with Crippen molar-refractivity contribution in [3.8, 4) is 0 Å². The zero-order chi connectivity index (χ0) is 9.97. The molecule has 2 rings (SSSR count). The third-order valence-electron chi connectivity index (χ3n) is 2.11. The van der Waals surface area contributed by atoms with E-state index in [1.165, 1.54) is 0 Å². The van der Waals surface area contributed by atoms with Crippen LogP contribution < -0.4 is 5.73 Å². The van der Waals surface area contributed by atoms with Gasteiger partial charge >= 0.3 is 0 Å². The predicted octanol–water partition coefficient (Wildman–Crippen LogP) is 2.35. The standard InChI is InChI=1S/C10H11BrN2O/c11-10-4-8(7-14-10)6-13-3-1-2-9(13)5-12/h1-4,7H,5-6,12H2. The van der Waals surface area contributed by atoms with Gasteiger partial charge in [-0.3, -0.25) is 0 Å². The first-order valence-electron chi connectivity index (χ1n) is 4.36. The van der Waals surface area contributed by atoms with Crippen LogP contribution in [0.2, 0.25) is 0 Å². The van der Waals surface area contributed by atoms with E-state index < -0.39 is 0 Å². The molecule has 0 saturated heterocycles. The predicted molar refractivity (Wildman–Crippen MR) is 57.8 cm³/mol. The Morgan fingerprint density at radius 2 is 2.36 bits per heavy atom. The first-order valence-corrected chi connectivity index (χ1v) is 5.16. The maximum Gasteiger partial charge on any atom is 0.169 e. The summed E-state index contributed by atoms with van der Waals surface area (Å²) in [5.41, 5.74) is 7.86. The van der Waals surface area contributed by atoms with Gasteiger partial charge in [0.1, 0.15) is 0 Å². The van der Waals surface area contributed by atoms with E-state index in [0.29, 0.717) is 6.54 Å². The van der Waals surface area contributed by atoms with Crippen molar-refractivity contribution in [2.75, 3.05) is 0 Å². The average Bonchev–Trinajstić information content (AvgIpc) is 2.76. The summed E-state index contributed by atoms with van der Waals surface area (Å²) in [7, 11) is 0. The van der Waals surface area contributed by atoms with Gasteiger partial charge < -0.3 is 14.7 Å². The van der Waals surface area contributed by atoms with Gasteiger partial charge in [-0.05, 0) is 34.1 Å². The van der Waals surface area contributed by atoms with Crippen molar-refractivity contribution in [2.45, 2.75) is 13.1 Å². The molecular weight excluding hydrogens is 244 g/mol. The number of aromatic nitrogens is 1. The largest absolute Gasteiger partial charge is 0.457 e. The summed E-state index contributed by atoms with van der Waals surface area (Å²) in [4.78, 5) is 0. The molecule has 0 atom stereocenters. The van der Waals surface area contributed by atoms with E-state index in [4.69, 9.17) is 10.2 Å².